The first-order chi connectivity index (χ1) is 19.6. The van der Waals surface area contributed by atoms with E-state index < -0.39 is 0 Å². The van der Waals surface area contributed by atoms with Crippen molar-refractivity contribution in [2.24, 2.45) is 11.8 Å². The van der Waals surface area contributed by atoms with Crippen LogP contribution in [0.4, 0.5) is 0 Å². The van der Waals surface area contributed by atoms with E-state index in [2.05, 4.69) is 33.5 Å². The van der Waals surface area contributed by atoms with Crippen molar-refractivity contribution in [1.29, 1.82) is 0 Å². The molecule has 7 rings (SSSR count). The second kappa shape index (κ2) is 10.7. The fourth-order valence-corrected chi connectivity index (χ4v) is 7.45. The summed E-state index contributed by atoms with van der Waals surface area (Å²) < 4.78 is 14.3. The normalized spacial score (nSPS) is 24.1. The quantitative estimate of drug-likeness (QED) is 0.353. The number of Topliss-reactive ketones (excluding diaryl/α,β-unsaturated/α-hetero) is 1. The van der Waals surface area contributed by atoms with E-state index in [0.717, 1.165) is 112 Å². The molecule has 1 saturated heterocycles. The van der Waals surface area contributed by atoms with Gasteiger partial charge in [-0.1, -0.05) is 19.3 Å². The average molecular weight is 560 g/mol. The van der Waals surface area contributed by atoms with E-state index in [1.807, 2.05) is 11.8 Å². The van der Waals surface area contributed by atoms with Crippen LogP contribution >= 0.6 is 11.3 Å². The summed E-state index contributed by atoms with van der Waals surface area (Å²) >= 11 is 1.64. The van der Waals surface area contributed by atoms with E-state index in [4.69, 9.17) is 14.5 Å². The summed E-state index contributed by atoms with van der Waals surface area (Å²) in [6.07, 6.45) is 9.17. The fraction of sp³-hybridized carbons (Fsp3) is 0.531. The number of amides is 1. The number of benzene rings is 1. The van der Waals surface area contributed by atoms with Crippen LogP contribution in [-0.4, -0.2) is 51.9 Å². The molecular weight excluding hydrogens is 522 g/mol. The second-order valence-electron chi connectivity index (χ2n) is 11.9. The van der Waals surface area contributed by atoms with Gasteiger partial charge in [0.25, 0.3) is 0 Å². The molecule has 3 aliphatic heterocycles. The number of aryl methyl sites for hydroxylation is 1. The molecule has 3 aromatic rings. The molecule has 2 aromatic heterocycles. The monoisotopic (exact) mass is 559 g/mol. The SMILES string of the molecule is CC1COc2cc3c(cc2O1)-n1c(-c2ccsc2)nc(C(=O)C2CCCCC(C(=O)N4CCC4)CCC2)c1CC3. The molecule has 0 bridgehead atoms. The molecule has 1 amide bonds. The van der Waals surface area contributed by atoms with Crippen molar-refractivity contribution >= 4 is 23.0 Å². The standard InChI is InChI=1S/C32H37N3O4S/c1-20-18-38-27-16-23-10-11-25-29(33-31(24-12-15-40-19-24)35(25)26(23)17-28(27)39-20)30(36)21-6-2-3-7-22(9-4-8-21)32(37)34-13-5-14-34/h12,15-17,19-22H,2-11,13-14,18H2,1H3. The van der Waals surface area contributed by atoms with E-state index in [-0.39, 0.29) is 23.7 Å². The summed E-state index contributed by atoms with van der Waals surface area (Å²) in [6, 6.07) is 6.26. The van der Waals surface area contributed by atoms with Crippen molar-refractivity contribution in [1.82, 2.24) is 14.5 Å². The van der Waals surface area contributed by atoms with Gasteiger partial charge in [0, 0.05) is 41.9 Å². The number of thiophene rings is 1. The minimum absolute atomic E-state index is 0.00548. The van der Waals surface area contributed by atoms with Crippen molar-refractivity contribution in [3.63, 3.8) is 0 Å². The van der Waals surface area contributed by atoms with Crippen molar-refractivity contribution in [3.8, 4) is 28.6 Å². The van der Waals surface area contributed by atoms with Crippen LogP contribution in [-0.2, 0) is 17.6 Å². The molecule has 5 heterocycles. The molecule has 0 radical (unpaired) electrons. The number of ketones is 1. The van der Waals surface area contributed by atoms with Gasteiger partial charge in [-0.25, -0.2) is 4.98 Å². The molecule has 4 aliphatic rings. The predicted molar refractivity (Wildman–Crippen MR) is 155 cm³/mol. The summed E-state index contributed by atoms with van der Waals surface area (Å²) in [6.45, 7) is 4.39. The third-order valence-electron chi connectivity index (χ3n) is 9.15. The lowest BCUT2D eigenvalue weighted by molar-refractivity contribution is -0.139. The molecule has 40 heavy (non-hydrogen) atoms. The number of likely N-dealkylation sites (tertiary alicyclic amines) is 1. The highest BCUT2D eigenvalue weighted by Gasteiger charge is 2.34. The van der Waals surface area contributed by atoms with Crippen LogP contribution in [0.3, 0.4) is 0 Å². The van der Waals surface area contributed by atoms with Gasteiger partial charge in [0.2, 0.25) is 5.91 Å². The van der Waals surface area contributed by atoms with Gasteiger partial charge < -0.3 is 14.4 Å². The summed E-state index contributed by atoms with van der Waals surface area (Å²) in [5.74, 6) is 2.96. The molecule has 1 aromatic carbocycles. The minimum Gasteiger partial charge on any atom is -0.486 e. The number of aromatic nitrogens is 2. The van der Waals surface area contributed by atoms with E-state index in [1.54, 1.807) is 11.3 Å². The van der Waals surface area contributed by atoms with Crippen molar-refractivity contribution in [3.05, 3.63) is 45.9 Å². The van der Waals surface area contributed by atoms with Crippen LogP contribution in [0.25, 0.3) is 17.1 Å². The number of nitrogens with zero attached hydrogens (tertiary/aromatic N) is 3. The Balaban J connectivity index is 1.20. The lowest BCUT2D eigenvalue weighted by Gasteiger charge is -2.34. The van der Waals surface area contributed by atoms with Gasteiger partial charge in [-0.05, 0) is 74.9 Å². The topological polar surface area (TPSA) is 73.7 Å². The number of ether oxygens (including phenoxy) is 2. The van der Waals surface area contributed by atoms with Gasteiger partial charge in [-0.15, -0.1) is 0 Å². The number of hydrogen-bond donors (Lipinski definition) is 0. The van der Waals surface area contributed by atoms with Crippen LogP contribution in [0.5, 0.6) is 11.5 Å². The molecule has 3 atom stereocenters. The molecule has 0 N–H and O–H groups in total. The van der Waals surface area contributed by atoms with Crippen LogP contribution < -0.4 is 9.47 Å². The van der Waals surface area contributed by atoms with E-state index in [9.17, 15) is 9.59 Å². The van der Waals surface area contributed by atoms with Gasteiger partial charge in [0.15, 0.2) is 17.3 Å². The molecule has 210 valence electrons. The largest absolute Gasteiger partial charge is 0.486 e. The first kappa shape index (κ1) is 25.8. The van der Waals surface area contributed by atoms with E-state index >= 15 is 0 Å². The Morgan fingerprint density at radius 2 is 1.77 bits per heavy atom. The van der Waals surface area contributed by atoms with Crippen LogP contribution in [0.1, 0.15) is 80.0 Å². The highest BCUT2D eigenvalue weighted by Crippen LogP contribution is 2.42. The molecule has 2 fully saturated rings. The number of imidazole rings is 1. The third kappa shape index (κ3) is 4.64. The minimum atomic E-state index is -0.0460. The Bertz CT molecular complexity index is 1420. The van der Waals surface area contributed by atoms with Crippen LogP contribution in [0, 0.1) is 11.8 Å². The van der Waals surface area contributed by atoms with Crippen molar-refractivity contribution in [2.75, 3.05) is 19.7 Å². The first-order valence-corrected chi connectivity index (χ1v) is 15.9. The molecule has 0 spiro atoms. The Hall–Kier alpha value is -3.13. The lowest BCUT2D eigenvalue weighted by atomic mass is 9.89. The highest BCUT2D eigenvalue weighted by atomic mass is 32.1. The fourth-order valence-electron chi connectivity index (χ4n) is 6.82. The number of rotatable bonds is 4. The van der Waals surface area contributed by atoms with Crippen LogP contribution in [0.2, 0.25) is 0 Å². The van der Waals surface area contributed by atoms with Gasteiger partial charge in [0.1, 0.15) is 24.2 Å². The lowest BCUT2D eigenvalue weighted by Crippen LogP contribution is -2.45. The van der Waals surface area contributed by atoms with Gasteiger partial charge >= 0.3 is 0 Å². The van der Waals surface area contributed by atoms with Crippen LogP contribution in [0.15, 0.2) is 29.0 Å². The Labute approximate surface area is 239 Å². The average Bonchev–Trinajstić information content (AvgIpc) is 3.60. The number of hydrogen-bond acceptors (Lipinski definition) is 6. The molecule has 1 saturated carbocycles. The Morgan fingerprint density at radius 1 is 0.975 bits per heavy atom. The number of carbonyl (C=O) groups is 2. The molecular formula is C32H37N3O4S. The van der Waals surface area contributed by atoms with Gasteiger partial charge in [-0.3, -0.25) is 14.2 Å². The number of fused-ring (bicyclic) bond motifs is 4. The van der Waals surface area contributed by atoms with Gasteiger partial charge in [0.05, 0.1) is 11.4 Å². The third-order valence-corrected chi connectivity index (χ3v) is 9.84. The Morgan fingerprint density at radius 3 is 2.55 bits per heavy atom. The second-order valence-corrected chi connectivity index (χ2v) is 12.7. The van der Waals surface area contributed by atoms with E-state index in [1.165, 1.54) is 5.56 Å². The molecule has 7 nitrogen and oxygen atoms in total. The summed E-state index contributed by atoms with van der Waals surface area (Å²) in [5, 5.41) is 4.16. The zero-order chi connectivity index (χ0) is 27.2. The summed E-state index contributed by atoms with van der Waals surface area (Å²) in [5.41, 5.74) is 4.90. The van der Waals surface area contributed by atoms with Crippen molar-refractivity contribution in [2.45, 2.75) is 77.2 Å². The Kier molecular flexibility index (Phi) is 6.90. The molecule has 8 heteroatoms. The summed E-state index contributed by atoms with van der Waals surface area (Å²) in [4.78, 5) is 34.2. The first-order valence-electron chi connectivity index (χ1n) is 15.0. The number of carbonyl (C=O) groups excluding carboxylic acids is 2. The van der Waals surface area contributed by atoms with Crippen molar-refractivity contribution < 1.29 is 19.1 Å². The molecule has 3 unspecified atom stereocenters. The summed E-state index contributed by atoms with van der Waals surface area (Å²) in [7, 11) is 0. The maximum absolute atomic E-state index is 14.2. The van der Waals surface area contributed by atoms with E-state index in [0.29, 0.717) is 18.2 Å². The maximum atomic E-state index is 14.2. The highest BCUT2D eigenvalue weighted by molar-refractivity contribution is 7.08. The van der Waals surface area contributed by atoms with Gasteiger partial charge in [-0.2, -0.15) is 11.3 Å². The smallest absolute Gasteiger partial charge is 0.225 e. The zero-order valence-electron chi connectivity index (χ0n) is 23.2. The zero-order valence-corrected chi connectivity index (χ0v) is 24.0. The predicted octanol–water partition coefficient (Wildman–Crippen LogP) is 6.25. The maximum Gasteiger partial charge on any atom is 0.225 e. The molecule has 1 aliphatic carbocycles.